The maximum atomic E-state index is 9.48. The summed E-state index contributed by atoms with van der Waals surface area (Å²) in [7, 11) is 0. The van der Waals surface area contributed by atoms with Gasteiger partial charge in [0.25, 0.3) is 0 Å². The third-order valence-corrected chi connectivity index (χ3v) is 3.91. The summed E-state index contributed by atoms with van der Waals surface area (Å²) in [6.45, 7) is 3.28. The van der Waals surface area contributed by atoms with Gasteiger partial charge >= 0.3 is 0 Å². The molecule has 0 aromatic rings. The number of nitrogens with zero attached hydrogens (tertiary/aromatic N) is 1. The van der Waals surface area contributed by atoms with Gasteiger partial charge < -0.3 is 10.4 Å². The maximum Gasteiger partial charge on any atom is 0.0680 e. The van der Waals surface area contributed by atoms with Crippen LogP contribution >= 0.6 is 0 Å². The van der Waals surface area contributed by atoms with Gasteiger partial charge in [0.2, 0.25) is 0 Å². The zero-order chi connectivity index (χ0) is 10.3. The molecule has 0 spiro atoms. The second kappa shape index (κ2) is 4.04. The van der Waals surface area contributed by atoms with Crippen molar-refractivity contribution in [2.24, 2.45) is 5.92 Å². The molecule has 2 N–H and O–H groups in total. The first-order chi connectivity index (χ1) is 7.31. The highest BCUT2D eigenvalue weighted by atomic mass is 16.3. The van der Waals surface area contributed by atoms with Crippen LogP contribution in [0, 0.1) is 5.92 Å². The third-order valence-electron chi connectivity index (χ3n) is 3.91. The molecule has 0 bridgehead atoms. The Kier molecular flexibility index (Phi) is 2.71. The molecule has 0 radical (unpaired) electrons. The molecule has 2 aliphatic carbocycles. The number of hydrogen-bond donors (Lipinski definition) is 2. The van der Waals surface area contributed by atoms with Crippen LogP contribution in [0.25, 0.3) is 0 Å². The number of rotatable bonds is 5. The molecule has 0 aromatic heterocycles. The van der Waals surface area contributed by atoms with E-state index in [1.165, 1.54) is 32.2 Å². The summed E-state index contributed by atoms with van der Waals surface area (Å²) < 4.78 is 0. The van der Waals surface area contributed by atoms with Crippen molar-refractivity contribution >= 4 is 0 Å². The summed E-state index contributed by atoms with van der Waals surface area (Å²) in [4.78, 5) is 2.67. The van der Waals surface area contributed by atoms with Gasteiger partial charge in [-0.05, 0) is 38.0 Å². The molecule has 0 aromatic carbocycles. The molecular weight excluding hydrogens is 188 g/mol. The average molecular weight is 210 g/mol. The first-order valence-corrected chi connectivity index (χ1v) is 6.47. The van der Waals surface area contributed by atoms with E-state index < -0.39 is 0 Å². The highest BCUT2D eigenvalue weighted by Crippen LogP contribution is 2.35. The van der Waals surface area contributed by atoms with Crippen LogP contribution in [-0.4, -0.2) is 47.8 Å². The lowest BCUT2D eigenvalue weighted by Crippen LogP contribution is -2.39. The quantitative estimate of drug-likeness (QED) is 0.697. The lowest BCUT2D eigenvalue weighted by Gasteiger charge is -2.25. The van der Waals surface area contributed by atoms with Crippen LogP contribution in [0.3, 0.4) is 0 Å². The highest BCUT2D eigenvalue weighted by molar-refractivity contribution is 4.92. The smallest absolute Gasteiger partial charge is 0.0680 e. The van der Waals surface area contributed by atoms with Crippen molar-refractivity contribution in [3.63, 3.8) is 0 Å². The fourth-order valence-electron chi connectivity index (χ4n) is 2.66. The standard InChI is InChI=1S/C12H22N2O/c15-12-5-10(13-6-12)8-14(11-3-4-11)7-9-1-2-9/h9-13,15H,1-8H2. The third kappa shape index (κ3) is 2.71. The number of hydrogen-bond acceptors (Lipinski definition) is 3. The van der Waals surface area contributed by atoms with Crippen LogP contribution in [0.1, 0.15) is 32.1 Å². The van der Waals surface area contributed by atoms with Crippen molar-refractivity contribution < 1.29 is 5.11 Å². The molecule has 3 heteroatoms. The Bertz CT molecular complexity index is 226. The highest BCUT2D eigenvalue weighted by Gasteiger charge is 2.35. The largest absolute Gasteiger partial charge is 0.392 e. The molecule has 3 fully saturated rings. The fraction of sp³-hybridized carbons (Fsp3) is 1.00. The first kappa shape index (κ1) is 10.1. The number of aliphatic hydroxyl groups excluding tert-OH is 1. The van der Waals surface area contributed by atoms with Gasteiger partial charge in [0.15, 0.2) is 0 Å². The van der Waals surface area contributed by atoms with Gasteiger partial charge in [-0.25, -0.2) is 0 Å². The molecule has 2 saturated carbocycles. The topological polar surface area (TPSA) is 35.5 Å². The van der Waals surface area contributed by atoms with Crippen LogP contribution in [0.4, 0.5) is 0 Å². The van der Waals surface area contributed by atoms with Crippen LogP contribution in [0.15, 0.2) is 0 Å². The van der Waals surface area contributed by atoms with Gasteiger partial charge in [-0.1, -0.05) is 0 Å². The monoisotopic (exact) mass is 210 g/mol. The summed E-state index contributed by atoms with van der Waals surface area (Å²) >= 11 is 0. The summed E-state index contributed by atoms with van der Waals surface area (Å²) in [6.07, 6.45) is 6.56. The minimum Gasteiger partial charge on any atom is -0.392 e. The lowest BCUT2D eigenvalue weighted by molar-refractivity contribution is 0.184. The summed E-state index contributed by atoms with van der Waals surface area (Å²) in [6, 6.07) is 1.42. The summed E-state index contributed by atoms with van der Waals surface area (Å²) in [5.74, 6) is 0.997. The van der Waals surface area contributed by atoms with E-state index in [-0.39, 0.29) is 6.10 Å². The van der Waals surface area contributed by atoms with Gasteiger partial charge in [-0.2, -0.15) is 0 Å². The van der Waals surface area contributed by atoms with Crippen LogP contribution in [0.5, 0.6) is 0 Å². The molecule has 3 nitrogen and oxygen atoms in total. The van der Waals surface area contributed by atoms with E-state index in [2.05, 4.69) is 10.2 Å². The van der Waals surface area contributed by atoms with Crippen molar-refractivity contribution in [3.8, 4) is 0 Å². The Morgan fingerprint density at radius 1 is 1.13 bits per heavy atom. The van der Waals surface area contributed by atoms with E-state index in [0.29, 0.717) is 6.04 Å². The van der Waals surface area contributed by atoms with E-state index in [1.54, 1.807) is 0 Å². The molecule has 1 aliphatic heterocycles. The predicted octanol–water partition coefficient (Wildman–Crippen LogP) is 0.584. The molecule has 2 unspecified atom stereocenters. The van der Waals surface area contributed by atoms with Gasteiger partial charge in [0, 0.05) is 31.7 Å². The van der Waals surface area contributed by atoms with Crippen LogP contribution in [-0.2, 0) is 0 Å². The summed E-state index contributed by atoms with van der Waals surface area (Å²) in [5, 5.41) is 12.9. The van der Waals surface area contributed by atoms with Gasteiger partial charge in [0.1, 0.15) is 0 Å². The molecule has 1 heterocycles. The normalized spacial score (nSPS) is 36.4. The van der Waals surface area contributed by atoms with E-state index in [0.717, 1.165) is 31.5 Å². The maximum absolute atomic E-state index is 9.48. The Hall–Kier alpha value is -0.120. The molecule has 86 valence electrons. The zero-order valence-corrected chi connectivity index (χ0v) is 9.36. The summed E-state index contributed by atoms with van der Waals surface area (Å²) in [5.41, 5.74) is 0. The van der Waals surface area contributed by atoms with Crippen molar-refractivity contribution in [1.82, 2.24) is 10.2 Å². The van der Waals surface area contributed by atoms with Gasteiger partial charge in [-0.15, -0.1) is 0 Å². The first-order valence-electron chi connectivity index (χ1n) is 6.47. The van der Waals surface area contributed by atoms with Crippen molar-refractivity contribution in [1.29, 1.82) is 0 Å². The predicted molar refractivity (Wildman–Crippen MR) is 59.7 cm³/mol. The molecule has 15 heavy (non-hydrogen) atoms. The molecular formula is C12H22N2O. The minimum absolute atomic E-state index is 0.100. The molecule has 1 saturated heterocycles. The Morgan fingerprint density at radius 2 is 1.93 bits per heavy atom. The Morgan fingerprint density at radius 3 is 2.47 bits per heavy atom. The fourth-order valence-corrected chi connectivity index (χ4v) is 2.66. The molecule has 3 aliphatic rings. The van der Waals surface area contributed by atoms with Crippen LogP contribution < -0.4 is 5.32 Å². The zero-order valence-electron chi connectivity index (χ0n) is 9.36. The van der Waals surface area contributed by atoms with Crippen molar-refractivity contribution in [3.05, 3.63) is 0 Å². The minimum atomic E-state index is -0.100. The molecule has 3 rings (SSSR count). The number of nitrogens with one attached hydrogen (secondary N) is 1. The van der Waals surface area contributed by atoms with Gasteiger partial charge in [-0.3, -0.25) is 4.90 Å². The number of aliphatic hydroxyl groups is 1. The molecule has 2 atom stereocenters. The lowest BCUT2D eigenvalue weighted by atomic mass is 10.2. The molecule has 0 amide bonds. The van der Waals surface area contributed by atoms with E-state index in [9.17, 15) is 5.11 Å². The second-order valence-corrected chi connectivity index (χ2v) is 5.62. The van der Waals surface area contributed by atoms with Gasteiger partial charge in [0.05, 0.1) is 6.10 Å². The van der Waals surface area contributed by atoms with Crippen molar-refractivity contribution in [2.75, 3.05) is 19.6 Å². The van der Waals surface area contributed by atoms with E-state index in [4.69, 9.17) is 0 Å². The van der Waals surface area contributed by atoms with Crippen LogP contribution in [0.2, 0.25) is 0 Å². The number of β-amino-alcohol motifs (C(OH)–C–C–N with tert-alkyl or cyclic N) is 1. The van der Waals surface area contributed by atoms with E-state index >= 15 is 0 Å². The SMILES string of the molecule is OC1CNC(CN(CC2CC2)C2CC2)C1. The Labute approximate surface area is 91.8 Å². The second-order valence-electron chi connectivity index (χ2n) is 5.62. The van der Waals surface area contributed by atoms with Crippen molar-refractivity contribution in [2.45, 2.75) is 50.3 Å². The van der Waals surface area contributed by atoms with E-state index in [1.807, 2.05) is 0 Å². The Balaban J connectivity index is 1.49. The average Bonchev–Trinajstić information content (AvgIpc) is 3.08.